The van der Waals surface area contributed by atoms with Gasteiger partial charge in [0, 0.05) is 67.1 Å². The number of nitrogens with two attached hydrogens (primary N) is 1. The van der Waals surface area contributed by atoms with Gasteiger partial charge >= 0.3 is 51.4 Å². The van der Waals surface area contributed by atoms with E-state index in [1.165, 1.54) is 0 Å². The first kappa shape index (κ1) is 46.7. The molecule has 2 aromatic carbocycles. The topological polar surface area (TPSA) is 201 Å². The third-order valence-electron chi connectivity index (χ3n) is 11.9. The molecule has 1 amide bonds. The summed E-state index contributed by atoms with van der Waals surface area (Å²) in [5, 5.41) is 46.8. The molecule has 2 aliphatic rings. The van der Waals surface area contributed by atoms with E-state index in [0.29, 0.717) is 54.5 Å². The first-order valence-electron chi connectivity index (χ1n) is 21.7. The second-order valence-corrected chi connectivity index (χ2v) is 16.3. The van der Waals surface area contributed by atoms with Crippen LogP contribution < -0.4 is 76.6 Å². The minimum absolute atomic E-state index is 0. The van der Waals surface area contributed by atoms with Crippen LogP contribution >= 0.6 is 0 Å². The number of nitrogen functional groups attached to an aromatic ring is 1. The Balaban J connectivity index is 0.00000612. The third kappa shape index (κ3) is 10.3. The predicted octanol–water partition coefficient (Wildman–Crippen LogP) is 3.64. The molecule has 328 valence electrons. The molecule has 0 aliphatic carbocycles. The van der Waals surface area contributed by atoms with E-state index >= 15 is 0 Å². The molecule has 2 aliphatic heterocycles. The number of benzene rings is 2. The summed E-state index contributed by atoms with van der Waals surface area (Å²) in [4.78, 5) is 23.2. The molecule has 16 nitrogen and oxygen atoms in total. The molecule has 6 N–H and O–H groups in total. The molecule has 8 rings (SSSR count). The molecule has 2 atom stereocenters. The predicted molar refractivity (Wildman–Crippen MR) is 243 cm³/mol. The van der Waals surface area contributed by atoms with Crippen molar-refractivity contribution in [3.05, 3.63) is 119 Å². The Hall–Kier alpha value is -5.30. The number of rotatable bonds is 16. The van der Waals surface area contributed by atoms with Crippen LogP contribution in [0.4, 0.5) is 17.5 Å². The molecule has 0 saturated carbocycles. The number of aromatic hydroxyl groups is 1. The van der Waals surface area contributed by atoms with Gasteiger partial charge in [0.15, 0.2) is 24.1 Å². The van der Waals surface area contributed by atoms with E-state index in [4.69, 9.17) is 26.0 Å². The summed E-state index contributed by atoms with van der Waals surface area (Å²) in [6.45, 7) is 8.75. The summed E-state index contributed by atoms with van der Waals surface area (Å²) in [6, 6.07) is 20.7. The van der Waals surface area contributed by atoms with Crippen molar-refractivity contribution < 1.29 is 75.7 Å². The van der Waals surface area contributed by atoms with Crippen molar-refractivity contribution in [3.63, 3.8) is 0 Å². The van der Waals surface area contributed by atoms with Crippen molar-refractivity contribution in [2.75, 3.05) is 43.5 Å². The van der Waals surface area contributed by atoms with E-state index in [1.807, 2.05) is 77.6 Å². The van der Waals surface area contributed by atoms with Crippen molar-refractivity contribution in [1.82, 2.24) is 29.3 Å². The first-order chi connectivity index (χ1) is 30.6. The summed E-state index contributed by atoms with van der Waals surface area (Å²) in [5.41, 5.74) is 10.9. The van der Waals surface area contributed by atoms with E-state index < -0.39 is 0 Å². The molecule has 17 heteroatoms. The zero-order valence-electron chi connectivity index (χ0n) is 37.0. The van der Waals surface area contributed by atoms with Gasteiger partial charge in [-0.3, -0.25) is 15.3 Å². The van der Waals surface area contributed by atoms with Crippen LogP contribution in [0, 0.1) is 5.41 Å². The van der Waals surface area contributed by atoms with Crippen LogP contribution in [-0.2, 0) is 24.3 Å². The van der Waals surface area contributed by atoms with Crippen LogP contribution in [0.15, 0.2) is 97.5 Å². The van der Waals surface area contributed by atoms with Gasteiger partial charge in [-0.1, -0.05) is 38.7 Å². The van der Waals surface area contributed by atoms with E-state index in [1.54, 1.807) is 33.5 Å². The molecule has 6 aromatic rings. The second kappa shape index (κ2) is 21.1. The van der Waals surface area contributed by atoms with Crippen LogP contribution in [0.2, 0.25) is 0 Å². The zero-order valence-corrected chi connectivity index (χ0v) is 40.1. The smallest absolute Gasteiger partial charge is 0.503 e. The number of fused-ring (bicyclic) bond motifs is 1. The number of carbonyl (C=O) groups is 1. The van der Waals surface area contributed by atoms with E-state index in [0.717, 1.165) is 84.8 Å². The third-order valence-corrected chi connectivity index (χ3v) is 11.9. The maximum Gasteiger partial charge on any atom is 1.00 e. The van der Waals surface area contributed by atoms with Gasteiger partial charge in [0.2, 0.25) is 6.20 Å². The number of hydrogen-bond acceptors (Lipinski definition) is 10. The number of hydrogen-bond donors (Lipinski definition) is 5. The minimum Gasteiger partial charge on any atom is -0.503 e. The number of aliphatic hydroxyl groups is 1. The zero-order chi connectivity index (χ0) is 44.0. The summed E-state index contributed by atoms with van der Waals surface area (Å²) >= 11 is 0. The maximum atomic E-state index is 14.0. The average Bonchev–Trinajstić information content (AvgIpc) is 3.91. The minimum atomic E-state index is -0.216. The number of likely N-dealkylation sites (tertiary alicyclic amines) is 1. The number of anilines is 2. The number of aliphatic hydroxyl groups excluding tert-OH is 1. The number of aryl methyl sites for hydroxylation is 1. The largest absolute Gasteiger partial charge is 1.00 e. The number of carbonyl (C=O) groups excluding carboxylic acids is 1. The molecule has 6 heterocycles. The number of amides is 1. The molecule has 0 radical (unpaired) electrons. The first-order valence-corrected chi connectivity index (χ1v) is 21.7. The number of nitrogens with one attached hydrogen (secondary N) is 2. The fourth-order valence-electron chi connectivity index (χ4n) is 8.83. The van der Waals surface area contributed by atoms with Crippen molar-refractivity contribution in [1.29, 1.82) is 5.41 Å². The summed E-state index contributed by atoms with van der Waals surface area (Å²) in [5.74, 6) is 3.22. The van der Waals surface area contributed by atoms with Crippen molar-refractivity contribution >= 4 is 34.8 Å². The van der Waals surface area contributed by atoms with E-state index in [2.05, 4.69) is 34.1 Å². The fraction of sp³-hybridized carbons (Fsp3) is 0.362. The number of aromatic nitrogens is 6. The number of para-hydroxylation sites is 1. The molecule has 2 saturated heterocycles. The van der Waals surface area contributed by atoms with Gasteiger partial charge in [-0.2, -0.15) is 14.2 Å². The van der Waals surface area contributed by atoms with Gasteiger partial charge in [0.1, 0.15) is 29.0 Å². The van der Waals surface area contributed by atoms with E-state index in [-0.39, 0.29) is 94.1 Å². The monoisotopic (exact) mass is 891 g/mol. The number of ether oxygens (including phenoxy) is 1. The fourth-order valence-corrected chi connectivity index (χ4v) is 8.83. The summed E-state index contributed by atoms with van der Waals surface area (Å²) in [6.07, 6.45) is 11.5. The van der Waals surface area contributed by atoms with Gasteiger partial charge in [-0.25, -0.2) is 4.98 Å². The van der Waals surface area contributed by atoms with Crippen LogP contribution in [0.25, 0.3) is 22.2 Å². The standard InChI is InChI=1S/C47H56N12O4.K/c1-4-33-26-52-59-40(24-41(53-45(33)59)57-21-9-8-11-35(57)19-22-60)51-25-32-23-37(61)30-55(28-32)27-31(2)47(62)56-20-10-12-36(29-56)58-46(50-3)42(44(48)49)43(54-58)34-15-17-39(18-16-34)63-38-13-6-5-7-14-38;/h5-7,13-18,23-24,26,28,30,35-36,60H,2,4,8-12,19-22,25,27,29H2,1,3H3,(H5-,48,49,50,51,52,53,54,61);/q;+1. The average molecular weight is 892 g/mol. The normalized spacial score (nSPS) is 16.3. The molecular weight excluding hydrogens is 836 g/mol. The van der Waals surface area contributed by atoms with Crippen molar-refractivity contribution in [2.45, 2.75) is 77.0 Å². The van der Waals surface area contributed by atoms with Crippen LogP contribution in [-0.4, -0.2) is 90.6 Å². The molecule has 4 aromatic heterocycles. The van der Waals surface area contributed by atoms with Gasteiger partial charge in [-0.05, 0) is 99.3 Å². The Labute approximate surface area is 416 Å². The number of piperidine rings is 2. The van der Waals surface area contributed by atoms with Gasteiger partial charge in [-0.15, -0.1) is 0 Å². The van der Waals surface area contributed by atoms with Crippen LogP contribution in [0.3, 0.4) is 0 Å². The Morgan fingerprint density at radius 1 is 1.06 bits per heavy atom. The maximum absolute atomic E-state index is 14.0. The Kier molecular flexibility index (Phi) is 15.4. The number of amidine groups is 1. The van der Waals surface area contributed by atoms with E-state index in [9.17, 15) is 15.0 Å². The van der Waals surface area contributed by atoms with Gasteiger partial charge in [0.05, 0.1) is 17.5 Å². The number of nitrogens with zero attached hydrogens (tertiary/aromatic N) is 9. The van der Waals surface area contributed by atoms with Crippen LogP contribution in [0.5, 0.6) is 17.2 Å². The van der Waals surface area contributed by atoms with Gasteiger partial charge < -0.3 is 45.8 Å². The summed E-state index contributed by atoms with van der Waals surface area (Å²) < 4.78 is 11.4. The Morgan fingerprint density at radius 2 is 1.84 bits per heavy atom. The molecule has 0 spiro atoms. The molecule has 64 heavy (non-hydrogen) atoms. The quantitative estimate of drug-likeness (QED) is 0.0314. The molecule has 2 fully saturated rings. The van der Waals surface area contributed by atoms with Crippen molar-refractivity contribution in [3.8, 4) is 28.5 Å². The molecule has 2 unspecified atom stereocenters. The second-order valence-electron chi connectivity index (χ2n) is 16.3. The van der Waals surface area contributed by atoms with Crippen LogP contribution in [0.1, 0.15) is 68.2 Å². The molecular formula is C47H56KN12O4+. The number of pyridine rings is 1. The SMILES string of the molecule is C=C(C[n+]1cc(O)cc(CNc2cc(N3CCCCC3CCO)nc3c(CC)cnn23)c1)C(=O)N1CCCC(n2nc(-c3ccc(Oc4ccccc4)cc3)c(C(=N)N)c2[N-]C)C1.[K+]. The summed E-state index contributed by atoms with van der Waals surface area (Å²) in [7, 11) is 1.66. The molecule has 0 bridgehead atoms. The Morgan fingerprint density at radius 3 is 2.58 bits per heavy atom. The van der Waals surface area contributed by atoms with Gasteiger partial charge in [0.25, 0.3) is 5.91 Å². The Bertz CT molecular complexity index is 2590. The van der Waals surface area contributed by atoms with Crippen molar-refractivity contribution in [2.24, 2.45) is 5.73 Å².